The van der Waals surface area contributed by atoms with E-state index in [2.05, 4.69) is 16.3 Å². The Morgan fingerprint density at radius 3 is 2.33 bits per heavy atom. The molecular weight excluding hydrogens is 592 g/mol. The fourth-order valence-electron chi connectivity index (χ4n) is 4.98. The summed E-state index contributed by atoms with van der Waals surface area (Å²) in [5.41, 5.74) is 3.02. The first kappa shape index (κ1) is 33.2. The lowest BCUT2D eigenvalue weighted by Crippen LogP contribution is -2.38. The molecule has 4 aromatic rings. The van der Waals surface area contributed by atoms with Crippen molar-refractivity contribution in [2.75, 3.05) is 43.6 Å². The molecular formula is C33H38N6O5S. The molecule has 0 atom stereocenters. The van der Waals surface area contributed by atoms with Crippen LogP contribution >= 0.6 is 0 Å². The van der Waals surface area contributed by atoms with Crippen LogP contribution in [0.3, 0.4) is 0 Å². The summed E-state index contributed by atoms with van der Waals surface area (Å²) in [6.45, 7) is 7.96. The third-order valence-corrected chi connectivity index (χ3v) is 9.27. The average molecular weight is 631 g/mol. The van der Waals surface area contributed by atoms with E-state index in [0.29, 0.717) is 41.1 Å². The number of imidazole rings is 1. The Labute approximate surface area is 264 Å². The first-order valence-corrected chi connectivity index (χ1v) is 16.3. The maximum Gasteiger partial charge on any atom is 0.325 e. The van der Waals surface area contributed by atoms with E-state index in [1.807, 2.05) is 26.0 Å². The standard InChI is InChI=1S/C33H38N6O5S/c1-4-37(5-2)18-19-39(45(42,43)28-10-8-7-9-11-28)27-16-17-30-29(21-27)36-31(20-25-12-14-26(22-34)15-13-25)38(30)24-32(40)35-23-33(41)44-6-3/h7-17,21H,4-6,18-20,23-24H2,1-3H3,(H,35,40). The molecule has 236 valence electrons. The SMILES string of the molecule is CCOC(=O)CNC(=O)Cn1c(Cc2ccc(C#N)cc2)nc2cc(N(CCN(CC)CC)S(=O)(=O)c3ccccc3)ccc21. The number of carbonyl (C=O) groups excluding carboxylic acids is 2. The number of amides is 1. The summed E-state index contributed by atoms with van der Waals surface area (Å²) in [5, 5.41) is 11.8. The van der Waals surface area contributed by atoms with E-state index >= 15 is 0 Å². The summed E-state index contributed by atoms with van der Waals surface area (Å²) >= 11 is 0. The lowest BCUT2D eigenvalue weighted by Gasteiger charge is -2.27. The predicted octanol–water partition coefficient (Wildman–Crippen LogP) is 3.72. The fourth-order valence-corrected chi connectivity index (χ4v) is 6.45. The molecule has 0 aliphatic carbocycles. The van der Waals surface area contributed by atoms with E-state index in [1.54, 1.807) is 72.2 Å². The highest BCUT2D eigenvalue weighted by Gasteiger charge is 2.26. The van der Waals surface area contributed by atoms with Gasteiger partial charge in [-0.2, -0.15) is 5.26 Å². The van der Waals surface area contributed by atoms with Gasteiger partial charge in [-0.3, -0.25) is 13.9 Å². The second-order valence-electron chi connectivity index (χ2n) is 10.3. The maximum absolute atomic E-state index is 13.9. The number of ether oxygens (including phenoxy) is 1. The molecule has 3 aromatic carbocycles. The lowest BCUT2D eigenvalue weighted by atomic mass is 10.1. The molecule has 0 fully saturated rings. The zero-order chi connectivity index (χ0) is 32.4. The largest absolute Gasteiger partial charge is 0.465 e. The molecule has 4 rings (SSSR count). The van der Waals surface area contributed by atoms with E-state index in [0.717, 1.165) is 18.7 Å². The molecule has 12 heteroatoms. The number of fused-ring (bicyclic) bond motifs is 1. The summed E-state index contributed by atoms with van der Waals surface area (Å²) in [5.74, 6) is -0.369. The summed E-state index contributed by atoms with van der Waals surface area (Å²) in [6, 6.07) is 22.8. The number of anilines is 1. The second-order valence-corrected chi connectivity index (χ2v) is 12.1. The third kappa shape index (κ3) is 8.26. The molecule has 1 heterocycles. The molecule has 0 bridgehead atoms. The molecule has 1 amide bonds. The molecule has 45 heavy (non-hydrogen) atoms. The van der Waals surface area contributed by atoms with Crippen LogP contribution in [0, 0.1) is 11.3 Å². The van der Waals surface area contributed by atoms with Gasteiger partial charge in [0.1, 0.15) is 18.9 Å². The zero-order valence-corrected chi connectivity index (χ0v) is 26.6. The topological polar surface area (TPSA) is 138 Å². The van der Waals surface area contributed by atoms with Gasteiger partial charge in [-0.1, -0.05) is 44.2 Å². The van der Waals surface area contributed by atoms with Crippen molar-refractivity contribution in [2.24, 2.45) is 0 Å². The van der Waals surface area contributed by atoms with Gasteiger partial charge < -0.3 is 19.5 Å². The lowest BCUT2D eigenvalue weighted by molar-refractivity contribution is -0.143. The number of carbonyl (C=O) groups is 2. The number of nitrogens with zero attached hydrogens (tertiary/aromatic N) is 5. The van der Waals surface area contributed by atoms with Crippen LogP contribution in [0.4, 0.5) is 5.69 Å². The van der Waals surface area contributed by atoms with Gasteiger partial charge in [0, 0.05) is 19.5 Å². The van der Waals surface area contributed by atoms with Gasteiger partial charge in [0.15, 0.2) is 0 Å². The van der Waals surface area contributed by atoms with E-state index in [9.17, 15) is 23.3 Å². The molecule has 0 unspecified atom stereocenters. The van der Waals surface area contributed by atoms with Gasteiger partial charge >= 0.3 is 5.97 Å². The monoisotopic (exact) mass is 630 g/mol. The van der Waals surface area contributed by atoms with Crippen LogP contribution in [0.1, 0.15) is 37.7 Å². The fraction of sp³-hybridized carbons (Fsp3) is 0.333. The van der Waals surface area contributed by atoms with Crippen LogP contribution in [-0.4, -0.2) is 74.1 Å². The Balaban J connectivity index is 1.75. The van der Waals surface area contributed by atoms with Crippen LogP contribution in [0.5, 0.6) is 0 Å². The minimum absolute atomic E-state index is 0.116. The number of nitrogens with one attached hydrogen (secondary N) is 1. The Bertz CT molecular complexity index is 1760. The normalized spacial score (nSPS) is 11.4. The van der Waals surface area contributed by atoms with E-state index in [-0.39, 0.29) is 31.1 Å². The minimum atomic E-state index is -3.89. The quantitative estimate of drug-likeness (QED) is 0.196. The number of esters is 1. The van der Waals surface area contributed by atoms with Gasteiger partial charge in [0.05, 0.1) is 39.9 Å². The molecule has 0 saturated carbocycles. The molecule has 1 N–H and O–H groups in total. The average Bonchev–Trinajstić information content (AvgIpc) is 3.38. The van der Waals surface area contributed by atoms with Gasteiger partial charge in [-0.05, 0) is 68.0 Å². The number of likely N-dealkylation sites (N-methyl/N-ethyl adjacent to an activating group) is 1. The number of hydrogen-bond donors (Lipinski definition) is 1. The van der Waals surface area contributed by atoms with Gasteiger partial charge in [-0.25, -0.2) is 13.4 Å². The number of rotatable bonds is 15. The Kier molecular flexibility index (Phi) is 11.3. The first-order valence-electron chi connectivity index (χ1n) is 14.9. The molecule has 0 saturated heterocycles. The number of aromatic nitrogens is 2. The van der Waals surface area contributed by atoms with Crippen LogP contribution in [0.2, 0.25) is 0 Å². The number of nitriles is 1. The smallest absolute Gasteiger partial charge is 0.325 e. The summed E-state index contributed by atoms with van der Waals surface area (Å²) in [7, 11) is -3.89. The predicted molar refractivity (Wildman–Crippen MR) is 172 cm³/mol. The maximum atomic E-state index is 13.9. The van der Waals surface area contributed by atoms with Crippen molar-refractivity contribution in [1.29, 1.82) is 5.26 Å². The molecule has 0 radical (unpaired) electrons. The highest BCUT2D eigenvalue weighted by molar-refractivity contribution is 7.92. The summed E-state index contributed by atoms with van der Waals surface area (Å²) < 4.78 is 35.9. The van der Waals surface area contributed by atoms with Gasteiger partial charge in [-0.15, -0.1) is 0 Å². The van der Waals surface area contributed by atoms with Crippen LogP contribution < -0.4 is 9.62 Å². The van der Waals surface area contributed by atoms with Gasteiger partial charge in [0.2, 0.25) is 5.91 Å². The van der Waals surface area contributed by atoms with Crippen molar-refractivity contribution in [3.05, 3.63) is 89.7 Å². The Morgan fingerprint density at radius 1 is 0.978 bits per heavy atom. The van der Waals surface area contributed by atoms with E-state index < -0.39 is 21.9 Å². The van der Waals surface area contributed by atoms with Crippen LogP contribution in [0.15, 0.2) is 77.7 Å². The first-order chi connectivity index (χ1) is 21.7. The van der Waals surface area contributed by atoms with Crippen molar-refractivity contribution in [2.45, 2.75) is 38.6 Å². The van der Waals surface area contributed by atoms with Crippen molar-refractivity contribution >= 4 is 38.6 Å². The Hall–Kier alpha value is -4.73. The number of hydrogen-bond acceptors (Lipinski definition) is 8. The summed E-state index contributed by atoms with van der Waals surface area (Å²) in [4.78, 5) is 31.9. The molecule has 1 aromatic heterocycles. The van der Waals surface area contributed by atoms with E-state index in [1.165, 1.54) is 4.31 Å². The highest BCUT2D eigenvalue weighted by atomic mass is 32.2. The van der Waals surface area contributed by atoms with Crippen molar-refractivity contribution in [3.63, 3.8) is 0 Å². The minimum Gasteiger partial charge on any atom is -0.465 e. The van der Waals surface area contributed by atoms with Crippen molar-refractivity contribution < 1.29 is 22.7 Å². The molecule has 0 aliphatic rings. The zero-order valence-electron chi connectivity index (χ0n) is 25.8. The molecule has 0 aliphatic heterocycles. The van der Waals surface area contributed by atoms with Gasteiger partial charge in [0.25, 0.3) is 10.0 Å². The van der Waals surface area contributed by atoms with Crippen molar-refractivity contribution in [1.82, 2.24) is 19.8 Å². The van der Waals surface area contributed by atoms with E-state index in [4.69, 9.17) is 9.72 Å². The Morgan fingerprint density at radius 2 is 1.69 bits per heavy atom. The van der Waals surface area contributed by atoms with Crippen molar-refractivity contribution in [3.8, 4) is 6.07 Å². The highest BCUT2D eigenvalue weighted by Crippen LogP contribution is 2.28. The summed E-state index contributed by atoms with van der Waals surface area (Å²) in [6.07, 6.45) is 0.356. The van der Waals surface area contributed by atoms with Crippen LogP contribution in [0.25, 0.3) is 11.0 Å². The molecule has 11 nitrogen and oxygen atoms in total. The second kappa shape index (κ2) is 15.3. The number of benzene rings is 3. The number of sulfonamides is 1. The van der Waals surface area contributed by atoms with Crippen LogP contribution in [-0.2, 0) is 37.3 Å². The third-order valence-electron chi connectivity index (χ3n) is 7.43. The molecule has 0 spiro atoms.